The van der Waals surface area contributed by atoms with Crippen molar-refractivity contribution < 1.29 is 4.74 Å². The van der Waals surface area contributed by atoms with Crippen molar-refractivity contribution in [1.82, 2.24) is 19.5 Å². The molecule has 0 N–H and O–H groups in total. The Hall–Kier alpha value is -1.71. The van der Waals surface area contributed by atoms with Crippen LogP contribution in [0.4, 0.5) is 0 Å². The lowest BCUT2D eigenvalue weighted by molar-refractivity contribution is 0.485. The van der Waals surface area contributed by atoms with Gasteiger partial charge in [-0.3, -0.25) is 0 Å². The highest BCUT2D eigenvalue weighted by molar-refractivity contribution is 7.14. The molecule has 0 aliphatic carbocycles. The van der Waals surface area contributed by atoms with Crippen molar-refractivity contribution in [2.45, 2.75) is 6.92 Å². The van der Waals surface area contributed by atoms with Gasteiger partial charge in [-0.15, -0.1) is 0 Å². The van der Waals surface area contributed by atoms with Crippen LogP contribution in [0.1, 0.15) is 5.69 Å². The number of hydrogen-bond acceptors (Lipinski definition) is 4. The van der Waals surface area contributed by atoms with Crippen LogP contribution in [-0.2, 0) is 0 Å². The summed E-state index contributed by atoms with van der Waals surface area (Å²) in [6.45, 7) is 1.91. The summed E-state index contributed by atoms with van der Waals surface area (Å²) in [6, 6.07) is 5.25. The molecule has 5 nitrogen and oxygen atoms in total. The van der Waals surface area contributed by atoms with Crippen LogP contribution in [0.2, 0.25) is 5.15 Å². The van der Waals surface area contributed by atoms with Gasteiger partial charge in [-0.05, 0) is 34.5 Å². The van der Waals surface area contributed by atoms with Gasteiger partial charge >= 0.3 is 0 Å². The summed E-state index contributed by atoms with van der Waals surface area (Å²) in [5, 5.41) is 5.62. The van der Waals surface area contributed by atoms with E-state index in [1.165, 1.54) is 0 Å². The summed E-state index contributed by atoms with van der Waals surface area (Å²) in [4.78, 5) is 8.26. The lowest BCUT2D eigenvalue weighted by atomic mass is 10.2. The number of ether oxygens (including phenoxy) is 1. The molecule has 1 atom stereocenters. The third-order valence-electron chi connectivity index (χ3n) is 2.66. The van der Waals surface area contributed by atoms with Gasteiger partial charge in [0, 0.05) is 6.20 Å². The van der Waals surface area contributed by atoms with Crippen molar-refractivity contribution >= 4 is 32.0 Å². The van der Waals surface area contributed by atoms with E-state index in [2.05, 4.69) is 24.5 Å². The minimum atomic E-state index is 0.432. The first kappa shape index (κ1) is 12.3. The molecule has 3 aromatic heterocycles. The Balaban J connectivity index is 2.08. The first-order valence-corrected chi connectivity index (χ1v) is 6.43. The molecule has 3 heterocycles. The summed E-state index contributed by atoms with van der Waals surface area (Å²) >= 11 is 5.75. The van der Waals surface area contributed by atoms with Crippen LogP contribution in [0.25, 0.3) is 11.0 Å². The van der Waals surface area contributed by atoms with Crippen LogP contribution in [0.15, 0.2) is 30.6 Å². The van der Waals surface area contributed by atoms with Crippen LogP contribution in [0.3, 0.4) is 0 Å². The zero-order valence-corrected chi connectivity index (χ0v) is 11.9. The maximum Gasteiger partial charge on any atom is 0.164 e. The van der Waals surface area contributed by atoms with Crippen molar-refractivity contribution in [1.29, 1.82) is 0 Å². The van der Waals surface area contributed by atoms with Gasteiger partial charge in [0.15, 0.2) is 5.65 Å². The second-order valence-electron chi connectivity index (χ2n) is 3.96. The largest absolute Gasteiger partial charge is 0.455 e. The smallest absolute Gasteiger partial charge is 0.164 e. The zero-order valence-electron chi connectivity index (χ0n) is 10.0. The van der Waals surface area contributed by atoms with E-state index in [9.17, 15) is 0 Å². The van der Waals surface area contributed by atoms with E-state index in [4.69, 9.17) is 16.3 Å². The standard InChI is InChI=1S/C12H10ClN4OP/c1-7-11-9(4-5-14-12(11)17(19)16-7)18-8-2-3-10(13)15-6-8/h2-6H,19H2,1H3. The van der Waals surface area contributed by atoms with Crippen LogP contribution in [-0.4, -0.2) is 19.5 Å². The molecular formula is C12H10ClN4OP. The van der Waals surface area contributed by atoms with Gasteiger partial charge in [0.25, 0.3) is 0 Å². The highest BCUT2D eigenvalue weighted by Gasteiger charge is 2.12. The molecule has 3 rings (SSSR count). The Morgan fingerprint density at radius 2 is 2.11 bits per heavy atom. The summed E-state index contributed by atoms with van der Waals surface area (Å²) in [5.74, 6) is 1.31. The van der Waals surface area contributed by atoms with E-state index in [0.717, 1.165) is 16.7 Å². The second kappa shape index (κ2) is 4.76. The van der Waals surface area contributed by atoms with Crippen molar-refractivity contribution in [3.05, 3.63) is 41.4 Å². The number of pyridine rings is 2. The van der Waals surface area contributed by atoms with Crippen LogP contribution in [0.5, 0.6) is 11.5 Å². The number of fused-ring (bicyclic) bond motifs is 1. The fraction of sp³-hybridized carbons (Fsp3) is 0.0833. The fourth-order valence-electron chi connectivity index (χ4n) is 1.84. The SMILES string of the molecule is Cc1nn(P)c2nccc(Oc3ccc(Cl)nc3)c12. The average Bonchev–Trinajstić information content (AvgIpc) is 2.69. The molecule has 0 saturated heterocycles. The Labute approximate surface area is 116 Å². The van der Waals surface area contributed by atoms with Gasteiger partial charge in [-0.25, -0.2) is 14.4 Å². The molecule has 0 amide bonds. The van der Waals surface area contributed by atoms with E-state index < -0.39 is 0 Å². The van der Waals surface area contributed by atoms with Gasteiger partial charge in [0.1, 0.15) is 16.7 Å². The Bertz CT molecular complexity index is 741. The number of aryl methyl sites for hydroxylation is 1. The van der Waals surface area contributed by atoms with Gasteiger partial charge in [0.2, 0.25) is 0 Å². The monoisotopic (exact) mass is 292 g/mol. The quantitative estimate of drug-likeness (QED) is 0.537. The van der Waals surface area contributed by atoms with Crippen molar-refractivity contribution in [2.75, 3.05) is 0 Å². The van der Waals surface area contributed by atoms with Gasteiger partial charge in [-0.1, -0.05) is 11.6 Å². The minimum Gasteiger partial charge on any atom is -0.455 e. The molecule has 3 aromatic rings. The first-order valence-electron chi connectivity index (χ1n) is 5.54. The van der Waals surface area contributed by atoms with E-state index in [1.807, 2.05) is 6.92 Å². The van der Waals surface area contributed by atoms with Crippen molar-refractivity contribution in [2.24, 2.45) is 0 Å². The maximum absolute atomic E-state index is 5.82. The molecule has 0 bridgehead atoms. The molecule has 0 fully saturated rings. The minimum absolute atomic E-state index is 0.432. The molecule has 0 spiro atoms. The second-order valence-corrected chi connectivity index (χ2v) is 4.83. The molecular weight excluding hydrogens is 283 g/mol. The third kappa shape index (κ3) is 2.27. The predicted octanol–water partition coefficient (Wildman–Crippen LogP) is 3.22. The predicted molar refractivity (Wildman–Crippen MR) is 76.7 cm³/mol. The first-order chi connectivity index (χ1) is 9.15. The van der Waals surface area contributed by atoms with Gasteiger partial charge in [-0.2, -0.15) is 5.10 Å². The highest BCUT2D eigenvalue weighted by Crippen LogP contribution is 2.31. The van der Waals surface area contributed by atoms with Crippen molar-refractivity contribution in [3.8, 4) is 11.5 Å². The molecule has 0 aromatic carbocycles. The lowest BCUT2D eigenvalue weighted by Gasteiger charge is -2.06. The van der Waals surface area contributed by atoms with E-state index in [0.29, 0.717) is 16.7 Å². The molecule has 7 heteroatoms. The Morgan fingerprint density at radius 3 is 2.84 bits per heavy atom. The molecule has 0 radical (unpaired) electrons. The molecule has 0 aliphatic heterocycles. The molecule has 19 heavy (non-hydrogen) atoms. The Morgan fingerprint density at radius 1 is 1.26 bits per heavy atom. The number of rotatable bonds is 2. The summed E-state index contributed by atoms with van der Waals surface area (Å²) in [5.41, 5.74) is 1.61. The Kier molecular flexibility index (Phi) is 3.09. The van der Waals surface area contributed by atoms with E-state index in [1.54, 1.807) is 35.0 Å². The van der Waals surface area contributed by atoms with E-state index in [-0.39, 0.29) is 0 Å². The molecule has 0 saturated carbocycles. The number of halogens is 1. The number of nitrogens with zero attached hydrogens (tertiary/aromatic N) is 4. The van der Waals surface area contributed by atoms with Gasteiger partial charge in [0.05, 0.1) is 17.3 Å². The van der Waals surface area contributed by atoms with E-state index >= 15 is 0 Å². The highest BCUT2D eigenvalue weighted by atomic mass is 35.5. The fourth-order valence-corrected chi connectivity index (χ4v) is 2.32. The van der Waals surface area contributed by atoms with Crippen LogP contribution in [0, 0.1) is 6.92 Å². The average molecular weight is 293 g/mol. The molecule has 1 unspecified atom stereocenters. The maximum atomic E-state index is 5.82. The normalized spacial score (nSPS) is 10.9. The third-order valence-corrected chi connectivity index (χ3v) is 3.24. The summed E-state index contributed by atoms with van der Waals surface area (Å²) < 4.78 is 7.47. The van der Waals surface area contributed by atoms with Crippen LogP contribution < -0.4 is 4.74 Å². The lowest BCUT2D eigenvalue weighted by Crippen LogP contribution is -1.89. The summed E-state index contributed by atoms with van der Waals surface area (Å²) in [6.07, 6.45) is 3.26. The van der Waals surface area contributed by atoms with Crippen LogP contribution >= 0.6 is 21.0 Å². The van der Waals surface area contributed by atoms with Crippen molar-refractivity contribution in [3.63, 3.8) is 0 Å². The zero-order chi connectivity index (χ0) is 13.4. The molecule has 0 aliphatic rings. The number of aromatic nitrogens is 4. The molecule has 96 valence electrons. The number of hydrogen-bond donors (Lipinski definition) is 0. The van der Waals surface area contributed by atoms with Gasteiger partial charge < -0.3 is 4.74 Å². The summed E-state index contributed by atoms with van der Waals surface area (Å²) in [7, 11) is 2.50. The topological polar surface area (TPSA) is 52.8 Å².